The van der Waals surface area contributed by atoms with Crippen molar-refractivity contribution in [2.24, 2.45) is 7.05 Å². The number of aryl methyl sites for hydroxylation is 1. The molecule has 0 saturated carbocycles. The molecule has 0 unspecified atom stereocenters. The monoisotopic (exact) mass is 959 g/mol. The Morgan fingerprint density at radius 2 is 0.747 bits per heavy atom. The third-order valence-electron chi connectivity index (χ3n) is 16.2. The molecule has 11 aromatic carbocycles. The van der Waals surface area contributed by atoms with E-state index < -0.39 is 0 Å². The minimum atomic E-state index is 0.0133. The van der Waals surface area contributed by atoms with Gasteiger partial charge in [-0.05, 0) is 128 Å². The molecule has 0 N–H and O–H groups in total. The highest BCUT2D eigenvalue weighted by atomic mass is 16.5. The highest BCUT2D eigenvalue weighted by molar-refractivity contribution is 6.99. The molecule has 2 aromatic heterocycles. The summed E-state index contributed by atoms with van der Waals surface area (Å²) in [6.07, 6.45) is 0. The second-order valence-electron chi connectivity index (χ2n) is 20.2. The number of aromatic nitrogens is 1. The number of ether oxygens (including phenoxy) is 4. The van der Waals surface area contributed by atoms with E-state index in [1.165, 1.54) is 0 Å². The molecule has 0 aliphatic carbocycles. The van der Waals surface area contributed by atoms with Gasteiger partial charge in [0.05, 0.1) is 16.4 Å². The van der Waals surface area contributed by atoms with E-state index >= 15 is 0 Å². The van der Waals surface area contributed by atoms with Gasteiger partial charge in [-0.2, -0.15) is 0 Å². The fraction of sp³-hybridized carbons (Fsp3) is 0.0149. The molecule has 6 heterocycles. The van der Waals surface area contributed by atoms with Gasteiger partial charge in [-0.1, -0.05) is 146 Å². The largest absolute Gasteiger partial charge is 0.458 e. The predicted molar refractivity (Wildman–Crippen MR) is 305 cm³/mol. The second kappa shape index (κ2) is 15.2. The van der Waals surface area contributed by atoms with Gasteiger partial charge < -0.3 is 27.9 Å². The lowest BCUT2D eigenvalue weighted by Gasteiger charge is -2.33. The van der Waals surface area contributed by atoms with E-state index in [1.54, 1.807) is 0 Å². The van der Waals surface area contributed by atoms with E-state index in [-0.39, 0.29) is 13.4 Å². The van der Waals surface area contributed by atoms with Crippen molar-refractivity contribution >= 4 is 89.9 Å². The summed E-state index contributed by atoms with van der Waals surface area (Å²) in [6.45, 7) is 0.0323. The van der Waals surface area contributed by atoms with Crippen LogP contribution in [-0.2, 0) is 7.05 Å². The van der Waals surface area contributed by atoms with E-state index in [9.17, 15) is 0 Å². The Bertz CT molecular complexity index is 4520. The lowest BCUT2D eigenvalue weighted by molar-refractivity contribution is 0.464. The Kier molecular flexibility index (Phi) is 8.29. The average Bonchev–Trinajstić information content (AvgIpc) is 4.02. The molecule has 0 saturated heterocycles. The van der Waals surface area contributed by atoms with Crippen molar-refractivity contribution in [1.82, 2.24) is 4.57 Å². The molecule has 348 valence electrons. The number of furan rings is 1. The summed E-state index contributed by atoms with van der Waals surface area (Å²) < 4.78 is 36.2. The van der Waals surface area contributed by atoms with Gasteiger partial charge in [-0.3, -0.25) is 0 Å². The Morgan fingerprint density at radius 3 is 1.27 bits per heavy atom. The number of benzene rings is 11. The van der Waals surface area contributed by atoms with Crippen molar-refractivity contribution in [2.45, 2.75) is 0 Å². The van der Waals surface area contributed by atoms with Gasteiger partial charge in [-0.15, -0.1) is 0 Å². The van der Waals surface area contributed by atoms with Crippen LogP contribution in [0.3, 0.4) is 0 Å². The van der Waals surface area contributed by atoms with Crippen LogP contribution in [0.5, 0.6) is 46.0 Å². The van der Waals surface area contributed by atoms with Gasteiger partial charge >= 0.3 is 0 Å². The molecular formula is C67H39B2NO5. The summed E-state index contributed by atoms with van der Waals surface area (Å²) in [5, 5.41) is 4.37. The van der Waals surface area contributed by atoms with E-state index in [0.717, 1.165) is 167 Å². The lowest BCUT2D eigenvalue weighted by Crippen LogP contribution is -2.57. The minimum absolute atomic E-state index is 0.0133. The summed E-state index contributed by atoms with van der Waals surface area (Å²) in [7, 11) is 2.20. The zero-order valence-corrected chi connectivity index (χ0v) is 40.4. The molecule has 0 fully saturated rings. The Hall–Kier alpha value is -9.65. The first kappa shape index (κ1) is 40.9. The van der Waals surface area contributed by atoms with Gasteiger partial charge in [0, 0.05) is 45.3 Å². The molecule has 0 spiro atoms. The van der Waals surface area contributed by atoms with Crippen LogP contribution in [0.25, 0.3) is 88.3 Å². The van der Waals surface area contributed by atoms with Crippen molar-refractivity contribution in [2.75, 3.05) is 0 Å². The number of fused-ring (bicyclic) bond motifs is 15. The van der Waals surface area contributed by atoms with Crippen molar-refractivity contribution in [3.05, 3.63) is 218 Å². The minimum Gasteiger partial charge on any atom is -0.458 e. The Morgan fingerprint density at radius 1 is 0.320 bits per heavy atom. The Labute approximate surface area is 431 Å². The van der Waals surface area contributed by atoms with Gasteiger partial charge in [0.1, 0.15) is 57.2 Å². The van der Waals surface area contributed by atoms with Crippen LogP contribution in [0.2, 0.25) is 0 Å². The highest BCUT2D eigenvalue weighted by Crippen LogP contribution is 2.48. The first-order valence-electron chi connectivity index (χ1n) is 25.6. The van der Waals surface area contributed by atoms with Crippen molar-refractivity contribution in [1.29, 1.82) is 0 Å². The molecule has 13 aromatic rings. The van der Waals surface area contributed by atoms with Gasteiger partial charge in [-0.25, -0.2) is 0 Å². The molecule has 6 nitrogen and oxygen atoms in total. The topological polar surface area (TPSA) is 55.0 Å². The van der Waals surface area contributed by atoms with Crippen LogP contribution in [-0.4, -0.2) is 18.0 Å². The normalized spacial score (nSPS) is 13.2. The van der Waals surface area contributed by atoms with Crippen molar-refractivity contribution in [3.63, 3.8) is 0 Å². The maximum Gasteiger partial charge on any atom is 0.260 e. The number of hydrogen-bond acceptors (Lipinski definition) is 5. The molecule has 0 amide bonds. The highest BCUT2D eigenvalue weighted by Gasteiger charge is 2.42. The zero-order chi connectivity index (χ0) is 49.0. The molecule has 0 atom stereocenters. The van der Waals surface area contributed by atoms with Gasteiger partial charge in [0.2, 0.25) is 0 Å². The van der Waals surface area contributed by atoms with Gasteiger partial charge in [0.15, 0.2) is 0 Å². The molecule has 17 rings (SSSR count). The average molecular weight is 960 g/mol. The van der Waals surface area contributed by atoms with Crippen LogP contribution >= 0.6 is 0 Å². The fourth-order valence-corrected chi connectivity index (χ4v) is 13.0. The zero-order valence-electron chi connectivity index (χ0n) is 40.4. The smallest absolute Gasteiger partial charge is 0.260 e. The molecule has 4 aliphatic heterocycles. The second-order valence-corrected chi connectivity index (χ2v) is 20.2. The third kappa shape index (κ3) is 5.82. The van der Waals surface area contributed by atoms with Gasteiger partial charge in [0.25, 0.3) is 13.4 Å². The van der Waals surface area contributed by atoms with Crippen LogP contribution in [0, 0.1) is 0 Å². The Balaban J connectivity index is 0.827. The van der Waals surface area contributed by atoms with E-state index in [2.05, 4.69) is 200 Å². The lowest BCUT2D eigenvalue weighted by atomic mass is 9.35. The van der Waals surface area contributed by atoms with Crippen LogP contribution in [0.15, 0.2) is 223 Å². The number of nitrogens with zero attached hydrogens (tertiary/aromatic N) is 1. The standard InChI is InChI=1S/C67H39B2NO5/c1-70-65-44(40-17-12-15-38(31-40)42-33-58-63-59(34-42)72-55-28-9-4-23-50(55)68(63)49-22-3-8-27-54(49)71-58)20-14-21-46(65)62-66(70)47(37-48-45-19-2-7-26-53(45)75-67(48)62)41-18-13-16-39(32-41)43-35-60-64-61(36-43)74-57-30-11-6-25-52(57)69(64)51-24-5-10-29-56(51)73-60/h2-37H,1H3. The van der Waals surface area contributed by atoms with E-state index in [4.69, 9.17) is 23.4 Å². The summed E-state index contributed by atoms with van der Waals surface area (Å²) in [5.74, 6) is 6.77. The van der Waals surface area contributed by atoms with E-state index in [0.29, 0.717) is 0 Å². The van der Waals surface area contributed by atoms with E-state index in [1.807, 2.05) is 30.3 Å². The molecular weight excluding hydrogens is 920 g/mol. The molecule has 4 aliphatic rings. The first-order valence-corrected chi connectivity index (χ1v) is 25.6. The van der Waals surface area contributed by atoms with Crippen LogP contribution in [0.4, 0.5) is 0 Å². The summed E-state index contributed by atoms with van der Waals surface area (Å²) >= 11 is 0. The fourth-order valence-electron chi connectivity index (χ4n) is 13.0. The van der Waals surface area contributed by atoms with Crippen molar-refractivity contribution in [3.8, 4) is 90.5 Å². The molecule has 75 heavy (non-hydrogen) atoms. The van der Waals surface area contributed by atoms with Crippen LogP contribution < -0.4 is 51.7 Å². The van der Waals surface area contributed by atoms with Crippen molar-refractivity contribution < 1.29 is 23.4 Å². The number of hydrogen-bond donors (Lipinski definition) is 0. The quantitative estimate of drug-likeness (QED) is 0.165. The maximum atomic E-state index is 6.89. The third-order valence-corrected chi connectivity index (χ3v) is 16.2. The summed E-state index contributed by atoms with van der Waals surface area (Å²) in [6, 6.07) is 77.3. The number of rotatable bonds is 4. The maximum absolute atomic E-state index is 6.89. The summed E-state index contributed by atoms with van der Waals surface area (Å²) in [4.78, 5) is 0. The molecule has 8 heteroatoms. The summed E-state index contributed by atoms with van der Waals surface area (Å²) in [5.41, 5.74) is 19.3. The molecule has 0 radical (unpaired) electrons. The SMILES string of the molecule is Cn1c2c(-c3cccc(-c4cc5c6c(c4)Oc4ccccc4B6c4ccccc4O5)c3)cccc2c2c3oc4ccccc4c3cc(-c3cccc(-c4cc5c6c(c4)Oc4ccccc4B6c4ccccc4O5)c3)c21. The predicted octanol–water partition coefficient (Wildman–Crippen LogP) is 13.4. The van der Waals surface area contributed by atoms with Crippen LogP contribution in [0.1, 0.15) is 0 Å². The molecule has 0 bridgehead atoms. The number of para-hydroxylation sites is 6. The first-order chi connectivity index (χ1) is 37.1.